The Labute approximate surface area is 92.0 Å². The number of aromatic nitrogens is 2. The minimum absolute atomic E-state index is 0.0302. The first-order valence-electron chi connectivity index (χ1n) is 5.10. The van der Waals surface area contributed by atoms with E-state index in [2.05, 4.69) is 5.10 Å². The molecule has 3 heteroatoms. The van der Waals surface area contributed by atoms with Crippen LogP contribution in [0.25, 0.3) is 16.8 Å². The molecule has 0 bridgehead atoms. The first-order chi connectivity index (χ1) is 7.84. The summed E-state index contributed by atoms with van der Waals surface area (Å²) in [6.07, 6.45) is 1.84. The molecule has 1 N–H and O–H groups in total. The van der Waals surface area contributed by atoms with Gasteiger partial charge in [-0.05, 0) is 17.7 Å². The van der Waals surface area contributed by atoms with Crippen molar-refractivity contribution in [2.24, 2.45) is 0 Å². The molecule has 3 rings (SSSR count). The van der Waals surface area contributed by atoms with Gasteiger partial charge in [-0.3, -0.25) is 14.4 Å². The predicted octanol–water partition coefficient (Wildman–Crippen LogP) is 2.29. The standard InChI is InChI=1S/C13H10N2O/c16-13-9-11(10-5-2-1-3-6-10)14-15-8-4-7-12(13)15/h1-9,14H. The van der Waals surface area contributed by atoms with Crippen molar-refractivity contribution >= 4 is 5.52 Å². The molecule has 0 saturated heterocycles. The van der Waals surface area contributed by atoms with E-state index in [4.69, 9.17) is 0 Å². The lowest BCUT2D eigenvalue weighted by atomic mass is 10.1. The zero-order chi connectivity index (χ0) is 11.0. The molecule has 78 valence electrons. The fraction of sp³-hybridized carbons (Fsp3) is 0. The summed E-state index contributed by atoms with van der Waals surface area (Å²) < 4.78 is 1.74. The molecule has 2 heterocycles. The maximum Gasteiger partial charge on any atom is 0.206 e. The van der Waals surface area contributed by atoms with Gasteiger partial charge in [0.2, 0.25) is 5.43 Å². The van der Waals surface area contributed by atoms with Crippen LogP contribution in [0.1, 0.15) is 0 Å². The first-order valence-corrected chi connectivity index (χ1v) is 5.10. The average molecular weight is 210 g/mol. The summed E-state index contributed by atoms with van der Waals surface area (Å²) in [6.45, 7) is 0. The lowest BCUT2D eigenvalue weighted by Gasteiger charge is -2.03. The van der Waals surface area contributed by atoms with E-state index in [1.807, 2.05) is 42.6 Å². The molecule has 0 atom stereocenters. The van der Waals surface area contributed by atoms with Gasteiger partial charge in [-0.25, -0.2) is 0 Å². The monoisotopic (exact) mass is 210 g/mol. The van der Waals surface area contributed by atoms with Crippen LogP contribution in [0.3, 0.4) is 0 Å². The Hall–Kier alpha value is -2.29. The number of hydrogen-bond donors (Lipinski definition) is 1. The summed E-state index contributed by atoms with van der Waals surface area (Å²) in [6, 6.07) is 15.1. The molecular formula is C13H10N2O. The van der Waals surface area contributed by atoms with Crippen LogP contribution >= 0.6 is 0 Å². The normalized spacial score (nSPS) is 10.8. The van der Waals surface area contributed by atoms with E-state index in [0.29, 0.717) is 5.52 Å². The van der Waals surface area contributed by atoms with Gasteiger partial charge >= 0.3 is 0 Å². The van der Waals surface area contributed by atoms with E-state index >= 15 is 0 Å². The lowest BCUT2D eigenvalue weighted by Crippen LogP contribution is -2.07. The Balaban J connectivity index is 2.30. The highest BCUT2D eigenvalue weighted by Gasteiger charge is 2.02. The van der Waals surface area contributed by atoms with Crippen LogP contribution in [0.2, 0.25) is 0 Å². The maximum absolute atomic E-state index is 11.8. The smallest absolute Gasteiger partial charge is 0.206 e. The van der Waals surface area contributed by atoms with Gasteiger partial charge in [-0.1, -0.05) is 30.3 Å². The van der Waals surface area contributed by atoms with Crippen LogP contribution in [0.4, 0.5) is 0 Å². The van der Waals surface area contributed by atoms with Gasteiger partial charge in [0, 0.05) is 12.3 Å². The highest BCUT2D eigenvalue weighted by Crippen LogP contribution is 2.14. The number of nitrogens with zero attached hydrogens (tertiary/aromatic N) is 1. The maximum atomic E-state index is 11.8. The number of rotatable bonds is 1. The summed E-state index contributed by atoms with van der Waals surface area (Å²) >= 11 is 0. The molecule has 1 aromatic carbocycles. The van der Waals surface area contributed by atoms with Gasteiger partial charge < -0.3 is 0 Å². The van der Waals surface area contributed by atoms with Crippen molar-refractivity contribution in [3.8, 4) is 11.3 Å². The highest BCUT2D eigenvalue weighted by molar-refractivity contribution is 5.61. The highest BCUT2D eigenvalue weighted by atomic mass is 16.1. The second kappa shape index (κ2) is 3.38. The second-order valence-electron chi connectivity index (χ2n) is 3.66. The van der Waals surface area contributed by atoms with Gasteiger partial charge in [0.1, 0.15) is 5.52 Å². The topological polar surface area (TPSA) is 37.3 Å². The van der Waals surface area contributed by atoms with Gasteiger partial charge in [0.15, 0.2) is 0 Å². The van der Waals surface area contributed by atoms with Gasteiger partial charge in [-0.15, -0.1) is 0 Å². The molecule has 0 aliphatic carbocycles. The molecule has 0 unspecified atom stereocenters. The summed E-state index contributed by atoms with van der Waals surface area (Å²) in [5.41, 5.74) is 2.53. The van der Waals surface area contributed by atoms with E-state index in [1.165, 1.54) is 0 Å². The van der Waals surface area contributed by atoms with E-state index in [-0.39, 0.29) is 5.43 Å². The van der Waals surface area contributed by atoms with Crippen LogP contribution < -0.4 is 5.43 Å². The summed E-state index contributed by atoms with van der Waals surface area (Å²) in [7, 11) is 0. The zero-order valence-corrected chi connectivity index (χ0v) is 8.55. The molecule has 0 amide bonds. The quantitative estimate of drug-likeness (QED) is 0.657. The average Bonchev–Trinajstić information content (AvgIpc) is 2.79. The molecule has 3 aromatic rings. The molecule has 16 heavy (non-hydrogen) atoms. The Morgan fingerprint density at radius 3 is 2.62 bits per heavy atom. The largest absolute Gasteiger partial charge is 0.293 e. The Bertz CT molecular complexity index is 680. The molecule has 3 nitrogen and oxygen atoms in total. The van der Waals surface area contributed by atoms with Gasteiger partial charge in [0.05, 0.1) is 5.69 Å². The van der Waals surface area contributed by atoms with Crippen LogP contribution in [0.15, 0.2) is 59.5 Å². The number of benzene rings is 1. The number of fused-ring (bicyclic) bond motifs is 1. The van der Waals surface area contributed by atoms with Crippen LogP contribution in [-0.4, -0.2) is 9.61 Å². The SMILES string of the molecule is O=c1cc(-c2ccccc2)[nH]n2cccc12. The zero-order valence-electron chi connectivity index (χ0n) is 8.55. The van der Waals surface area contributed by atoms with Crippen molar-refractivity contribution in [1.29, 1.82) is 0 Å². The lowest BCUT2D eigenvalue weighted by molar-refractivity contribution is 0.941. The van der Waals surface area contributed by atoms with Crippen LogP contribution in [0.5, 0.6) is 0 Å². The molecule has 0 radical (unpaired) electrons. The van der Waals surface area contributed by atoms with E-state index in [0.717, 1.165) is 11.3 Å². The van der Waals surface area contributed by atoms with E-state index < -0.39 is 0 Å². The van der Waals surface area contributed by atoms with Crippen molar-refractivity contribution in [3.05, 3.63) is 65.0 Å². The molecule has 2 aromatic heterocycles. The third-order valence-electron chi connectivity index (χ3n) is 2.60. The number of hydrogen-bond acceptors (Lipinski definition) is 1. The minimum atomic E-state index is 0.0302. The molecule has 0 aliphatic heterocycles. The molecule has 0 saturated carbocycles. The summed E-state index contributed by atoms with van der Waals surface area (Å²) in [5, 5.41) is 3.18. The van der Waals surface area contributed by atoms with Crippen LogP contribution in [0, 0.1) is 0 Å². The van der Waals surface area contributed by atoms with Gasteiger partial charge in [0.25, 0.3) is 0 Å². The summed E-state index contributed by atoms with van der Waals surface area (Å²) in [4.78, 5) is 11.8. The molecule has 0 spiro atoms. The Kier molecular flexibility index (Phi) is 1.90. The molecule has 0 fully saturated rings. The Morgan fingerprint density at radius 1 is 1.00 bits per heavy atom. The van der Waals surface area contributed by atoms with Crippen molar-refractivity contribution in [2.45, 2.75) is 0 Å². The van der Waals surface area contributed by atoms with Crippen LogP contribution in [-0.2, 0) is 0 Å². The first kappa shape index (κ1) is 8.97. The van der Waals surface area contributed by atoms with Crippen molar-refractivity contribution in [3.63, 3.8) is 0 Å². The molecular weight excluding hydrogens is 200 g/mol. The minimum Gasteiger partial charge on any atom is -0.293 e. The van der Waals surface area contributed by atoms with Crippen molar-refractivity contribution < 1.29 is 0 Å². The third-order valence-corrected chi connectivity index (χ3v) is 2.60. The Morgan fingerprint density at radius 2 is 1.81 bits per heavy atom. The van der Waals surface area contributed by atoms with Crippen molar-refractivity contribution in [1.82, 2.24) is 9.61 Å². The fourth-order valence-corrected chi connectivity index (χ4v) is 1.81. The number of aromatic amines is 1. The number of H-pyrrole nitrogens is 1. The van der Waals surface area contributed by atoms with Gasteiger partial charge in [-0.2, -0.15) is 0 Å². The van der Waals surface area contributed by atoms with E-state index in [1.54, 1.807) is 16.6 Å². The van der Waals surface area contributed by atoms with Crippen molar-refractivity contribution in [2.75, 3.05) is 0 Å². The number of nitrogens with one attached hydrogen (secondary N) is 1. The second-order valence-corrected chi connectivity index (χ2v) is 3.66. The summed E-state index contributed by atoms with van der Waals surface area (Å²) in [5.74, 6) is 0. The molecule has 0 aliphatic rings. The third kappa shape index (κ3) is 1.34. The predicted molar refractivity (Wildman–Crippen MR) is 63.5 cm³/mol. The fourth-order valence-electron chi connectivity index (χ4n) is 1.81. The van der Waals surface area contributed by atoms with E-state index in [9.17, 15) is 4.79 Å².